The van der Waals surface area contributed by atoms with Crippen molar-refractivity contribution < 1.29 is 31.1 Å². The molecule has 1 saturated heterocycles. The van der Waals surface area contributed by atoms with E-state index in [1.165, 1.54) is 18.2 Å². The molecule has 4 rings (SSSR count). The molecule has 2 aromatic carbocycles. The molecule has 0 bridgehead atoms. The molecule has 1 fully saturated rings. The lowest BCUT2D eigenvalue weighted by Crippen LogP contribution is -2.31. The summed E-state index contributed by atoms with van der Waals surface area (Å²) in [6.45, 7) is 0.907. The smallest absolute Gasteiger partial charge is 0.419 e. The molecule has 2 heterocycles. The summed E-state index contributed by atoms with van der Waals surface area (Å²) in [4.78, 5) is 4.66. The molecule has 0 aromatic heterocycles. The summed E-state index contributed by atoms with van der Waals surface area (Å²) in [5.74, 6) is -0.271. The number of halogens is 6. The minimum atomic E-state index is -4.60. The Morgan fingerprint density at radius 3 is 2.44 bits per heavy atom. The zero-order valence-corrected chi connectivity index (χ0v) is 19.4. The van der Waals surface area contributed by atoms with Gasteiger partial charge in [-0.1, -0.05) is 30.4 Å². The molecule has 1 atom stereocenters. The summed E-state index contributed by atoms with van der Waals surface area (Å²) in [6, 6.07) is 8.79. The number of nitrogens with zero attached hydrogens (tertiary/aromatic N) is 1. The van der Waals surface area contributed by atoms with E-state index in [2.05, 4.69) is 10.3 Å². The second-order valence-corrected chi connectivity index (χ2v) is 8.75. The van der Waals surface area contributed by atoms with Crippen LogP contribution >= 0.6 is 0 Å². The maximum Gasteiger partial charge on any atom is 0.419 e. The minimum absolute atomic E-state index is 0.0160. The van der Waals surface area contributed by atoms with Crippen LogP contribution in [0.1, 0.15) is 54.4 Å². The molecule has 36 heavy (non-hydrogen) atoms. The van der Waals surface area contributed by atoms with Crippen molar-refractivity contribution in [2.75, 3.05) is 13.2 Å². The first-order valence-electron chi connectivity index (χ1n) is 11.8. The SMILES string of the molecule is FC(F)(F)c1ccc(/C=C/CCOc2ccc(C3=CCCC([C@@H]4CCCN4)=N3)cc2C(F)(F)F)cc1. The van der Waals surface area contributed by atoms with Gasteiger partial charge in [-0.05, 0) is 74.5 Å². The van der Waals surface area contributed by atoms with Crippen LogP contribution in [0.25, 0.3) is 11.8 Å². The molecular weight excluding hydrogens is 482 g/mol. The van der Waals surface area contributed by atoms with E-state index >= 15 is 0 Å². The Balaban J connectivity index is 1.41. The Labute approximate surface area is 205 Å². The van der Waals surface area contributed by atoms with Gasteiger partial charge in [-0.3, -0.25) is 4.99 Å². The summed E-state index contributed by atoms with van der Waals surface area (Å²) in [6.07, 6.45) is -0.0364. The normalized spacial score (nSPS) is 18.9. The van der Waals surface area contributed by atoms with Crippen LogP contribution in [0.5, 0.6) is 5.75 Å². The van der Waals surface area contributed by atoms with E-state index in [1.807, 2.05) is 6.08 Å². The second kappa shape index (κ2) is 10.9. The Bertz CT molecular complexity index is 1140. The lowest BCUT2D eigenvalue weighted by Gasteiger charge is -2.20. The van der Waals surface area contributed by atoms with Crippen LogP contribution in [0.15, 0.2) is 59.6 Å². The Morgan fingerprint density at radius 2 is 1.78 bits per heavy atom. The van der Waals surface area contributed by atoms with Gasteiger partial charge in [-0.25, -0.2) is 0 Å². The van der Waals surface area contributed by atoms with Crippen LogP contribution in [0.3, 0.4) is 0 Å². The van der Waals surface area contributed by atoms with E-state index in [9.17, 15) is 26.3 Å². The number of alkyl halides is 6. The molecule has 192 valence electrons. The maximum atomic E-state index is 13.8. The third kappa shape index (κ3) is 6.57. The lowest BCUT2D eigenvalue weighted by molar-refractivity contribution is -0.139. The summed E-state index contributed by atoms with van der Waals surface area (Å²) < 4.78 is 84.7. The molecule has 2 aliphatic rings. The quantitative estimate of drug-likeness (QED) is 0.310. The molecule has 0 saturated carbocycles. The number of hydrogen-bond donors (Lipinski definition) is 1. The van der Waals surface area contributed by atoms with Gasteiger partial charge in [-0.2, -0.15) is 26.3 Å². The van der Waals surface area contributed by atoms with Crippen molar-refractivity contribution in [1.29, 1.82) is 0 Å². The zero-order chi connectivity index (χ0) is 25.8. The van der Waals surface area contributed by atoms with Crippen LogP contribution < -0.4 is 10.1 Å². The molecule has 1 N–H and O–H groups in total. The number of benzene rings is 2. The van der Waals surface area contributed by atoms with Crippen LogP contribution in [0, 0.1) is 0 Å². The van der Waals surface area contributed by atoms with Gasteiger partial charge in [0.05, 0.1) is 23.4 Å². The predicted molar refractivity (Wildman–Crippen MR) is 128 cm³/mol. The standard InChI is InChI=1S/C27H26F6N2O/c28-26(29,30)20-12-9-18(10-13-20)5-1-2-16-36-25-14-11-19(17-21(25)27(31,32)33)22-6-3-7-24(35-22)23-8-4-15-34-23/h1,5-6,9-14,17,23,34H,2-4,7-8,15-16H2/b5-1+/t23-/m0/s1. The topological polar surface area (TPSA) is 33.6 Å². The van der Waals surface area contributed by atoms with E-state index in [1.54, 1.807) is 18.2 Å². The monoisotopic (exact) mass is 508 g/mol. The highest BCUT2D eigenvalue weighted by molar-refractivity contribution is 5.95. The number of rotatable bonds is 7. The number of hydrogen-bond acceptors (Lipinski definition) is 3. The average molecular weight is 509 g/mol. The van der Waals surface area contributed by atoms with E-state index in [0.717, 1.165) is 56.1 Å². The molecule has 2 aliphatic heterocycles. The fraction of sp³-hybridized carbons (Fsp3) is 0.370. The maximum absolute atomic E-state index is 13.8. The van der Waals surface area contributed by atoms with Gasteiger partial charge in [0.1, 0.15) is 5.75 Å². The summed E-state index contributed by atoms with van der Waals surface area (Å²) >= 11 is 0. The molecule has 3 nitrogen and oxygen atoms in total. The highest BCUT2D eigenvalue weighted by atomic mass is 19.4. The lowest BCUT2D eigenvalue weighted by atomic mass is 9.99. The Hall–Kier alpha value is -3.07. The van der Waals surface area contributed by atoms with Crippen molar-refractivity contribution in [3.8, 4) is 5.75 Å². The number of aliphatic imine (C=N–C) groups is 1. The summed E-state index contributed by atoms with van der Waals surface area (Å²) in [5, 5.41) is 3.39. The fourth-order valence-electron chi connectivity index (χ4n) is 4.29. The van der Waals surface area contributed by atoms with Gasteiger partial charge >= 0.3 is 12.4 Å². The van der Waals surface area contributed by atoms with Crippen LogP contribution in [0.2, 0.25) is 0 Å². The van der Waals surface area contributed by atoms with Crippen molar-refractivity contribution in [2.45, 2.75) is 50.5 Å². The molecule has 0 unspecified atom stereocenters. The molecule has 0 aliphatic carbocycles. The number of allylic oxidation sites excluding steroid dienone is 1. The van der Waals surface area contributed by atoms with Crippen LogP contribution in [0.4, 0.5) is 26.3 Å². The summed E-state index contributed by atoms with van der Waals surface area (Å²) in [7, 11) is 0. The first-order valence-corrected chi connectivity index (χ1v) is 11.8. The van der Waals surface area contributed by atoms with Crippen molar-refractivity contribution in [1.82, 2.24) is 5.32 Å². The molecular formula is C27H26F6N2O. The fourth-order valence-corrected chi connectivity index (χ4v) is 4.29. The van der Waals surface area contributed by atoms with Crippen molar-refractivity contribution in [3.63, 3.8) is 0 Å². The minimum Gasteiger partial charge on any atom is -0.493 e. The van der Waals surface area contributed by atoms with Crippen molar-refractivity contribution in [2.24, 2.45) is 4.99 Å². The Morgan fingerprint density at radius 1 is 1.00 bits per heavy atom. The van der Waals surface area contributed by atoms with Crippen molar-refractivity contribution in [3.05, 3.63) is 76.9 Å². The van der Waals surface area contributed by atoms with Gasteiger partial charge in [0.2, 0.25) is 0 Å². The van der Waals surface area contributed by atoms with Gasteiger partial charge < -0.3 is 10.1 Å². The zero-order valence-electron chi connectivity index (χ0n) is 19.4. The predicted octanol–water partition coefficient (Wildman–Crippen LogP) is 7.53. The van der Waals surface area contributed by atoms with Crippen molar-refractivity contribution >= 4 is 17.5 Å². The molecule has 2 aromatic rings. The first-order chi connectivity index (χ1) is 17.1. The van der Waals surface area contributed by atoms with Gasteiger partial charge in [0.15, 0.2) is 0 Å². The summed E-state index contributed by atoms with van der Waals surface area (Å²) in [5.41, 5.74) is 0.866. The Kier molecular flexibility index (Phi) is 7.88. The van der Waals surface area contributed by atoms with Crippen LogP contribution in [-0.2, 0) is 12.4 Å². The third-order valence-electron chi connectivity index (χ3n) is 6.14. The highest BCUT2D eigenvalue weighted by Gasteiger charge is 2.35. The van der Waals surface area contributed by atoms with Crippen LogP contribution in [-0.4, -0.2) is 24.9 Å². The van der Waals surface area contributed by atoms with E-state index in [-0.39, 0.29) is 24.8 Å². The second-order valence-electron chi connectivity index (χ2n) is 8.75. The van der Waals surface area contributed by atoms with Gasteiger partial charge in [-0.15, -0.1) is 0 Å². The first kappa shape index (κ1) is 26.0. The highest BCUT2D eigenvalue weighted by Crippen LogP contribution is 2.39. The largest absolute Gasteiger partial charge is 0.493 e. The van der Waals surface area contributed by atoms with Gasteiger partial charge in [0.25, 0.3) is 0 Å². The molecule has 0 radical (unpaired) electrons. The average Bonchev–Trinajstić information content (AvgIpc) is 3.38. The third-order valence-corrected chi connectivity index (χ3v) is 6.14. The number of ether oxygens (including phenoxy) is 1. The molecule has 0 amide bonds. The van der Waals surface area contributed by atoms with E-state index < -0.39 is 23.5 Å². The van der Waals surface area contributed by atoms with Gasteiger partial charge in [0, 0.05) is 17.3 Å². The molecule has 0 spiro atoms. The van der Waals surface area contributed by atoms with E-state index in [4.69, 9.17) is 4.74 Å². The van der Waals surface area contributed by atoms with E-state index in [0.29, 0.717) is 16.8 Å². The molecule has 9 heteroatoms. The number of nitrogens with one attached hydrogen (secondary N) is 1.